The van der Waals surface area contributed by atoms with E-state index in [2.05, 4.69) is 22.4 Å². The zero-order valence-electron chi connectivity index (χ0n) is 11.7. The molecule has 0 radical (unpaired) electrons. The van der Waals surface area contributed by atoms with Crippen LogP contribution in [0.4, 0.5) is 0 Å². The average Bonchev–Trinajstić information content (AvgIpc) is 2.37. The normalized spacial score (nSPS) is 41.5. The van der Waals surface area contributed by atoms with Gasteiger partial charge < -0.3 is 5.73 Å². The van der Waals surface area contributed by atoms with Crippen LogP contribution in [0.25, 0.3) is 0 Å². The Kier molecular flexibility index (Phi) is 2.50. The predicted molar refractivity (Wildman–Crippen MR) is 74.5 cm³/mol. The molecule has 0 aromatic carbocycles. The van der Waals surface area contributed by atoms with E-state index >= 15 is 0 Å². The van der Waals surface area contributed by atoms with Gasteiger partial charge >= 0.3 is 0 Å². The van der Waals surface area contributed by atoms with Gasteiger partial charge in [-0.15, -0.1) is 0 Å². The minimum atomic E-state index is -0.0644. The van der Waals surface area contributed by atoms with E-state index in [1.807, 2.05) is 6.92 Å². The highest BCUT2D eigenvalue weighted by Crippen LogP contribution is 2.60. The number of rotatable bonds is 2. The van der Waals surface area contributed by atoms with Gasteiger partial charge in [0, 0.05) is 12.4 Å². The molecule has 1 aromatic heterocycles. The number of nitrogens with two attached hydrogens (primary N) is 1. The van der Waals surface area contributed by atoms with Crippen molar-refractivity contribution in [3.8, 4) is 0 Å². The standard InChI is InChI=1S/C16H23N3/c1-10(17)15-18-8-14(9-19-15)16-5-11-2-12(6-16)4-13(3-11)7-16/h8-13H,2-7,17H2,1H3. The lowest BCUT2D eigenvalue weighted by Crippen LogP contribution is -2.48. The molecule has 4 aliphatic carbocycles. The van der Waals surface area contributed by atoms with Gasteiger partial charge in [-0.2, -0.15) is 0 Å². The molecular weight excluding hydrogens is 234 g/mol. The smallest absolute Gasteiger partial charge is 0.144 e. The second-order valence-electron chi connectivity index (χ2n) is 7.32. The van der Waals surface area contributed by atoms with Crippen molar-refractivity contribution in [3.05, 3.63) is 23.8 Å². The number of hydrogen-bond acceptors (Lipinski definition) is 3. The van der Waals surface area contributed by atoms with Gasteiger partial charge in [0.2, 0.25) is 0 Å². The van der Waals surface area contributed by atoms with Crippen molar-refractivity contribution in [1.82, 2.24) is 9.97 Å². The first-order valence-corrected chi connectivity index (χ1v) is 7.73. The molecule has 1 unspecified atom stereocenters. The fraction of sp³-hybridized carbons (Fsp3) is 0.750. The maximum atomic E-state index is 5.85. The second-order valence-corrected chi connectivity index (χ2v) is 7.32. The van der Waals surface area contributed by atoms with Crippen LogP contribution in [-0.4, -0.2) is 9.97 Å². The highest BCUT2D eigenvalue weighted by molar-refractivity contribution is 5.25. The lowest BCUT2D eigenvalue weighted by molar-refractivity contribution is -0.00552. The fourth-order valence-corrected chi connectivity index (χ4v) is 5.31. The van der Waals surface area contributed by atoms with Crippen LogP contribution in [0.5, 0.6) is 0 Å². The summed E-state index contributed by atoms with van der Waals surface area (Å²) in [7, 11) is 0. The van der Waals surface area contributed by atoms with Crippen molar-refractivity contribution >= 4 is 0 Å². The first-order chi connectivity index (χ1) is 9.14. The summed E-state index contributed by atoms with van der Waals surface area (Å²) in [5.41, 5.74) is 7.64. The van der Waals surface area contributed by atoms with E-state index in [1.54, 1.807) is 0 Å². The Bertz CT molecular complexity index is 442. The Morgan fingerprint density at radius 1 is 1.05 bits per heavy atom. The third kappa shape index (κ3) is 1.82. The highest BCUT2D eigenvalue weighted by Gasteiger charge is 2.51. The molecule has 1 aromatic rings. The summed E-state index contributed by atoms with van der Waals surface area (Å²) in [4.78, 5) is 9.00. The predicted octanol–water partition coefficient (Wildman–Crippen LogP) is 2.96. The SMILES string of the molecule is CC(N)c1ncc(C23CC4CC(CC(C4)C2)C3)cn1. The quantitative estimate of drug-likeness (QED) is 0.886. The Balaban J connectivity index is 1.67. The largest absolute Gasteiger partial charge is 0.322 e. The molecule has 4 fully saturated rings. The lowest BCUT2D eigenvalue weighted by Gasteiger charge is -2.56. The zero-order valence-corrected chi connectivity index (χ0v) is 11.7. The van der Waals surface area contributed by atoms with E-state index in [0.29, 0.717) is 5.41 Å². The van der Waals surface area contributed by atoms with Gasteiger partial charge in [-0.3, -0.25) is 0 Å². The van der Waals surface area contributed by atoms with Gasteiger partial charge in [-0.05, 0) is 74.2 Å². The summed E-state index contributed by atoms with van der Waals surface area (Å²) in [5, 5.41) is 0. The van der Waals surface area contributed by atoms with Crippen LogP contribution in [0.1, 0.15) is 62.9 Å². The van der Waals surface area contributed by atoms with Crippen LogP contribution < -0.4 is 5.73 Å². The van der Waals surface area contributed by atoms with Crippen LogP contribution in [0.2, 0.25) is 0 Å². The second kappa shape index (κ2) is 4.02. The van der Waals surface area contributed by atoms with E-state index < -0.39 is 0 Å². The van der Waals surface area contributed by atoms with Crippen molar-refractivity contribution in [1.29, 1.82) is 0 Å². The highest BCUT2D eigenvalue weighted by atomic mass is 14.9. The molecule has 4 aliphatic rings. The molecular formula is C16H23N3. The van der Waals surface area contributed by atoms with Crippen LogP contribution in [0, 0.1) is 17.8 Å². The molecule has 0 saturated heterocycles. The van der Waals surface area contributed by atoms with Crippen molar-refractivity contribution < 1.29 is 0 Å². The van der Waals surface area contributed by atoms with Gasteiger partial charge in [0.1, 0.15) is 5.82 Å². The van der Waals surface area contributed by atoms with Gasteiger partial charge in [0.05, 0.1) is 6.04 Å². The number of nitrogens with zero attached hydrogens (tertiary/aromatic N) is 2. The molecule has 1 atom stereocenters. The molecule has 3 nitrogen and oxygen atoms in total. The Labute approximate surface area is 115 Å². The van der Waals surface area contributed by atoms with Crippen molar-refractivity contribution in [2.75, 3.05) is 0 Å². The molecule has 4 bridgehead atoms. The molecule has 0 aliphatic heterocycles. The average molecular weight is 257 g/mol. The molecule has 4 saturated carbocycles. The fourth-order valence-electron chi connectivity index (χ4n) is 5.31. The Hall–Kier alpha value is -0.960. The first kappa shape index (κ1) is 11.8. The number of hydrogen-bond donors (Lipinski definition) is 1. The first-order valence-electron chi connectivity index (χ1n) is 7.73. The minimum absolute atomic E-state index is 0.0644. The van der Waals surface area contributed by atoms with E-state index in [0.717, 1.165) is 23.6 Å². The Morgan fingerprint density at radius 2 is 1.53 bits per heavy atom. The molecule has 2 N–H and O–H groups in total. The topological polar surface area (TPSA) is 51.8 Å². The summed E-state index contributed by atoms with van der Waals surface area (Å²) in [6.45, 7) is 1.94. The van der Waals surface area contributed by atoms with Crippen molar-refractivity contribution in [3.63, 3.8) is 0 Å². The third-order valence-electron chi connectivity index (χ3n) is 5.73. The van der Waals surface area contributed by atoms with E-state index in [-0.39, 0.29) is 6.04 Å². The van der Waals surface area contributed by atoms with E-state index in [4.69, 9.17) is 5.73 Å². The molecule has 0 amide bonds. The number of aromatic nitrogens is 2. The van der Waals surface area contributed by atoms with Crippen LogP contribution in [-0.2, 0) is 5.41 Å². The van der Waals surface area contributed by atoms with E-state index in [9.17, 15) is 0 Å². The molecule has 102 valence electrons. The van der Waals surface area contributed by atoms with Gasteiger partial charge in [-0.1, -0.05) is 0 Å². The van der Waals surface area contributed by atoms with Gasteiger partial charge in [0.25, 0.3) is 0 Å². The maximum absolute atomic E-state index is 5.85. The van der Waals surface area contributed by atoms with Crippen LogP contribution in [0.15, 0.2) is 12.4 Å². The summed E-state index contributed by atoms with van der Waals surface area (Å²) in [5.74, 6) is 3.69. The summed E-state index contributed by atoms with van der Waals surface area (Å²) < 4.78 is 0. The zero-order chi connectivity index (χ0) is 13.0. The molecule has 1 heterocycles. The van der Waals surface area contributed by atoms with Gasteiger partial charge in [-0.25, -0.2) is 9.97 Å². The molecule has 5 rings (SSSR count). The lowest BCUT2D eigenvalue weighted by atomic mass is 9.48. The Morgan fingerprint density at radius 3 is 1.95 bits per heavy atom. The van der Waals surface area contributed by atoms with Crippen molar-refractivity contribution in [2.24, 2.45) is 23.5 Å². The van der Waals surface area contributed by atoms with Crippen LogP contribution >= 0.6 is 0 Å². The van der Waals surface area contributed by atoms with Crippen molar-refractivity contribution in [2.45, 2.75) is 56.9 Å². The maximum Gasteiger partial charge on any atom is 0.144 e. The minimum Gasteiger partial charge on any atom is -0.322 e. The third-order valence-corrected chi connectivity index (χ3v) is 5.73. The van der Waals surface area contributed by atoms with Crippen LogP contribution in [0.3, 0.4) is 0 Å². The van der Waals surface area contributed by atoms with E-state index in [1.165, 1.54) is 44.1 Å². The monoisotopic (exact) mass is 257 g/mol. The summed E-state index contributed by atoms with van der Waals surface area (Å²) in [6, 6.07) is -0.0644. The molecule has 3 heteroatoms. The summed E-state index contributed by atoms with van der Waals surface area (Å²) in [6.07, 6.45) is 12.7. The summed E-state index contributed by atoms with van der Waals surface area (Å²) >= 11 is 0. The molecule has 0 spiro atoms. The van der Waals surface area contributed by atoms with Gasteiger partial charge in [0.15, 0.2) is 0 Å². The molecule has 19 heavy (non-hydrogen) atoms.